The van der Waals surface area contributed by atoms with Crippen LogP contribution in [0.15, 0.2) is 24.3 Å². The van der Waals surface area contributed by atoms with Gasteiger partial charge in [0.1, 0.15) is 6.04 Å². The minimum Gasteiger partial charge on any atom is -0.288 e. The SMILES string of the molecule is CC1(C)CC(=O)NN1[C@@H](Cc1ccc(Cl)cc1)C(F)(F)F. The molecule has 1 amide bonds. The number of carbonyl (C=O) groups excluding carboxylic acids is 1. The fourth-order valence-electron chi connectivity index (χ4n) is 2.50. The number of hydrogen-bond acceptors (Lipinski definition) is 2. The van der Waals surface area contributed by atoms with Crippen molar-refractivity contribution in [3.05, 3.63) is 34.9 Å². The van der Waals surface area contributed by atoms with Crippen LogP contribution >= 0.6 is 11.6 Å². The maximum atomic E-state index is 13.4. The van der Waals surface area contributed by atoms with E-state index in [2.05, 4.69) is 5.43 Å². The summed E-state index contributed by atoms with van der Waals surface area (Å²) >= 11 is 5.74. The second-order valence-electron chi connectivity index (χ2n) is 5.78. The highest BCUT2D eigenvalue weighted by Gasteiger charge is 2.51. The van der Waals surface area contributed by atoms with Gasteiger partial charge < -0.3 is 0 Å². The Hall–Kier alpha value is -1.27. The number of rotatable bonds is 3. The van der Waals surface area contributed by atoms with Gasteiger partial charge in [0.25, 0.3) is 0 Å². The van der Waals surface area contributed by atoms with Crippen LogP contribution < -0.4 is 5.43 Å². The Morgan fingerprint density at radius 2 is 1.90 bits per heavy atom. The first-order valence-electron chi connectivity index (χ1n) is 6.49. The number of amides is 1. The van der Waals surface area contributed by atoms with Crippen LogP contribution in [-0.4, -0.2) is 28.7 Å². The molecule has 7 heteroatoms. The smallest absolute Gasteiger partial charge is 0.288 e. The molecule has 0 saturated carbocycles. The van der Waals surface area contributed by atoms with Crippen molar-refractivity contribution in [2.45, 2.75) is 44.4 Å². The highest BCUT2D eigenvalue weighted by molar-refractivity contribution is 6.30. The van der Waals surface area contributed by atoms with Crippen molar-refractivity contribution in [3.8, 4) is 0 Å². The van der Waals surface area contributed by atoms with Gasteiger partial charge in [0.05, 0.1) is 0 Å². The molecule has 1 aliphatic heterocycles. The van der Waals surface area contributed by atoms with Crippen LogP contribution in [-0.2, 0) is 11.2 Å². The molecule has 1 saturated heterocycles. The molecule has 1 aromatic rings. The second kappa shape index (κ2) is 5.50. The first-order chi connectivity index (χ1) is 9.59. The summed E-state index contributed by atoms with van der Waals surface area (Å²) in [5.41, 5.74) is 1.96. The molecule has 1 heterocycles. The van der Waals surface area contributed by atoms with Gasteiger partial charge in [-0.3, -0.25) is 10.2 Å². The van der Waals surface area contributed by atoms with Gasteiger partial charge in [0.15, 0.2) is 0 Å². The molecule has 0 bridgehead atoms. The predicted octanol–water partition coefficient (Wildman–Crippen LogP) is 3.33. The number of alkyl halides is 3. The Kier molecular flexibility index (Phi) is 4.22. The molecule has 1 fully saturated rings. The first kappa shape index (κ1) is 16.1. The van der Waals surface area contributed by atoms with E-state index in [1.165, 1.54) is 0 Å². The molecular formula is C14H16ClF3N2O. The number of nitrogens with one attached hydrogen (secondary N) is 1. The quantitative estimate of drug-likeness (QED) is 0.926. The summed E-state index contributed by atoms with van der Waals surface area (Å²) in [6.07, 6.45) is -4.65. The van der Waals surface area contributed by atoms with E-state index in [0.29, 0.717) is 10.6 Å². The van der Waals surface area contributed by atoms with Crippen LogP contribution in [0, 0.1) is 0 Å². The number of hydrogen-bond donors (Lipinski definition) is 1. The summed E-state index contributed by atoms with van der Waals surface area (Å²) in [6, 6.07) is 4.45. The minimum absolute atomic E-state index is 0.0419. The molecule has 1 N–H and O–H groups in total. The van der Waals surface area contributed by atoms with Gasteiger partial charge in [-0.15, -0.1) is 0 Å². The van der Waals surface area contributed by atoms with Gasteiger partial charge in [-0.05, 0) is 38.0 Å². The van der Waals surface area contributed by atoms with Crippen molar-refractivity contribution in [1.29, 1.82) is 0 Å². The van der Waals surface area contributed by atoms with Crippen molar-refractivity contribution in [2.75, 3.05) is 0 Å². The monoisotopic (exact) mass is 320 g/mol. The number of nitrogens with zero attached hydrogens (tertiary/aromatic N) is 1. The summed E-state index contributed by atoms with van der Waals surface area (Å²) in [5, 5.41) is 1.49. The van der Waals surface area contributed by atoms with Crippen molar-refractivity contribution in [2.24, 2.45) is 0 Å². The van der Waals surface area contributed by atoms with Crippen LogP contribution in [0.4, 0.5) is 13.2 Å². The zero-order chi connectivity index (χ0) is 15.8. The Bertz CT molecular complexity index is 528. The maximum Gasteiger partial charge on any atom is 0.406 e. The van der Waals surface area contributed by atoms with Gasteiger partial charge in [0.2, 0.25) is 5.91 Å². The molecule has 1 aromatic carbocycles. The molecule has 0 aliphatic carbocycles. The standard InChI is InChI=1S/C14H16ClF3N2O/c1-13(2)8-12(21)19-20(13)11(14(16,17)18)7-9-3-5-10(15)6-4-9/h3-6,11H,7-8H2,1-2H3,(H,19,21)/t11-/m0/s1. The molecule has 21 heavy (non-hydrogen) atoms. The Labute approximate surface area is 126 Å². The van der Waals surface area contributed by atoms with Crippen molar-refractivity contribution in [1.82, 2.24) is 10.4 Å². The molecule has 1 aliphatic rings. The minimum atomic E-state index is -4.45. The number of hydrazine groups is 1. The molecule has 0 aromatic heterocycles. The van der Waals surface area contributed by atoms with Crippen molar-refractivity contribution < 1.29 is 18.0 Å². The lowest BCUT2D eigenvalue weighted by atomic mass is 9.97. The fraction of sp³-hybridized carbons (Fsp3) is 0.500. The first-order valence-corrected chi connectivity index (χ1v) is 6.87. The molecular weight excluding hydrogens is 305 g/mol. The maximum absolute atomic E-state index is 13.4. The third-order valence-electron chi connectivity index (χ3n) is 3.52. The van der Waals surface area contributed by atoms with Gasteiger partial charge in [-0.25, -0.2) is 5.01 Å². The second-order valence-corrected chi connectivity index (χ2v) is 6.22. The van der Waals surface area contributed by atoms with Gasteiger partial charge in [-0.1, -0.05) is 23.7 Å². The zero-order valence-electron chi connectivity index (χ0n) is 11.7. The summed E-state index contributed by atoms with van der Waals surface area (Å²) in [4.78, 5) is 11.5. The zero-order valence-corrected chi connectivity index (χ0v) is 12.4. The van der Waals surface area contributed by atoms with E-state index in [1.54, 1.807) is 38.1 Å². The molecule has 0 spiro atoms. The van der Waals surface area contributed by atoms with Crippen LogP contribution in [0.5, 0.6) is 0 Å². The van der Waals surface area contributed by atoms with Gasteiger partial charge in [-0.2, -0.15) is 13.2 Å². The van der Waals surface area contributed by atoms with Crippen LogP contribution in [0.1, 0.15) is 25.8 Å². The Morgan fingerprint density at radius 1 is 1.33 bits per heavy atom. The fourth-order valence-corrected chi connectivity index (χ4v) is 2.63. The van der Waals surface area contributed by atoms with Crippen LogP contribution in [0.2, 0.25) is 5.02 Å². The van der Waals surface area contributed by atoms with E-state index in [-0.39, 0.29) is 12.8 Å². The topological polar surface area (TPSA) is 32.3 Å². The van der Waals surface area contributed by atoms with Crippen LogP contribution in [0.25, 0.3) is 0 Å². The summed E-state index contributed by atoms with van der Waals surface area (Å²) in [7, 11) is 0. The number of carbonyl (C=O) groups is 1. The lowest BCUT2D eigenvalue weighted by molar-refractivity contribution is -0.200. The molecule has 2 rings (SSSR count). The molecule has 3 nitrogen and oxygen atoms in total. The molecule has 0 unspecified atom stereocenters. The van der Waals surface area contributed by atoms with E-state index in [4.69, 9.17) is 11.6 Å². The summed E-state index contributed by atoms with van der Waals surface area (Å²) in [6.45, 7) is 3.23. The highest BCUT2D eigenvalue weighted by atomic mass is 35.5. The van der Waals surface area contributed by atoms with E-state index in [9.17, 15) is 18.0 Å². The normalized spacial score (nSPS) is 20.4. The summed E-state index contributed by atoms with van der Waals surface area (Å²) < 4.78 is 40.2. The highest BCUT2D eigenvalue weighted by Crippen LogP contribution is 2.34. The van der Waals surface area contributed by atoms with Gasteiger partial charge >= 0.3 is 6.18 Å². The van der Waals surface area contributed by atoms with Crippen molar-refractivity contribution >= 4 is 17.5 Å². The lowest BCUT2D eigenvalue weighted by Gasteiger charge is -2.37. The Morgan fingerprint density at radius 3 is 2.33 bits per heavy atom. The van der Waals surface area contributed by atoms with E-state index in [1.807, 2.05) is 0 Å². The van der Waals surface area contributed by atoms with Gasteiger partial charge in [0, 0.05) is 17.0 Å². The number of halogens is 4. The van der Waals surface area contributed by atoms with E-state index >= 15 is 0 Å². The molecule has 1 atom stereocenters. The molecule has 0 radical (unpaired) electrons. The average molecular weight is 321 g/mol. The van der Waals surface area contributed by atoms with Crippen molar-refractivity contribution in [3.63, 3.8) is 0 Å². The predicted molar refractivity (Wildman–Crippen MR) is 73.7 cm³/mol. The van der Waals surface area contributed by atoms with E-state index in [0.717, 1.165) is 5.01 Å². The lowest BCUT2D eigenvalue weighted by Crippen LogP contribution is -2.57. The third kappa shape index (κ3) is 3.68. The van der Waals surface area contributed by atoms with Crippen LogP contribution in [0.3, 0.4) is 0 Å². The number of benzene rings is 1. The molecule has 116 valence electrons. The average Bonchev–Trinajstić information content (AvgIpc) is 2.60. The summed E-state index contributed by atoms with van der Waals surface area (Å²) in [5.74, 6) is -0.398. The largest absolute Gasteiger partial charge is 0.406 e. The third-order valence-corrected chi connectivity index (χ3v) is 3.77. The van der Waals surface area contributed by atoms with E-state index < -0.39 is 23.7 Å². The Balaban J connectivity index is 2.27.